The number of anilines is 1. The summed E-state index contributed by atoms with van der Waals surface area (Å²) in [4.78, 5) is 6.45. The summed E-state index contributed by atoms with van der Waals surface area (Å²) in [5.41, 5.74) is 3.06. The van der Waals surface area contributed by atoms with Crippen LogP contribution in [0, 0.1) is 0 Å². The van der Waals surface area contributed by atoms with Crippen molar-refractivity contribution in [3.05, 3.63) is 79.1 Å². The molecule has 0 aliphatic heterocycles. The molecule has 0 spiro atoms. The van der Waals surface area contributed by atoms with E-state index in [2.05, 4.69) is 4.98 Å². The maximum atomic E-state index is 13.1. The van der Waals surface area contributed by atoms with Gasteiger partial charge in [0.1, 0.15) is 23.3 Å². The lowest BCUT2D eigenvalue weighted by molar-refractivity contribution is -0.132. The van der Waals surface area contributed by atoms with Crippen LogP contribution in [0.5, 0.6) is 11.5 Å². The maximum Gasteiger partial charge on any atom is 0.390 e. The van der Waals surface area contributed by atoms with Crippen LogP contribution in [0.15, 0.2) is 79.1 Å². The lowest BCUT2D eigenvalue weighted by Crippen LogP contribution is -2.30. The Morgan fingerprint density at radius 2 is 1.62 bits per heavy atom. The minimum atomic E-state index is -4.21. The predicted molar refractivity (Wildman–Crippen MR) is 119 cm³/mol. The molecule has 0 N–H and O–H groups in total. The smallest absolute Gasteiger partial charge is 0.390 e. The molecule has 0 saturated heterocycles. The van der Waals surface area contributed by atoms with E-state index in [1.165, 1.54) is 0 Å². The summed E-state index contributed by atoms with van der Waals surface area (Å²) in [6, 6.07) is 22.9. The summed E-state index contributed by atoms with van der Waals surface area (Å²) in [6.07, 6.45) is -1.61. The molecule has 1 fully saturated rings. The van der Waals surface area contributed by atoms with Gasteiger partial charge in [-0.1, -0.05) is 36.4 Å². The lowest BCUT2D eigenvalue weighted by atomic mass is 10.2. The molecule has 4 nitrogen and oxygen atoms in total. The van der Waals surface area contributed by atoms with Crippen LogP contribution in [0.4, 0.5) is 18.9 Å². The number of hydrogen-bond acceptors (Lipinski definition) is 3. The van der Waals surface area contributed by atoms with Gasteiger partial charge in [0.2, 0.25) is 0 Å². The first kappa shape index (κ1) is 20.4. The Bertz CT molecular complexity index is 1200. The van der Waals surface area contributed by atoms with Crippen LogP contribution in [0.3, 0.4) is 0 Å². The van der Waals surface area contributed by atoms with Gasteiger partial charge in [-0.3, -0.25) is 4.57 Å². The van der Waals surface area contributed by atoms with E-state index >= 15 is 0 Å². The first-order valence-electron chi connectivity index (χ1n) is 10.6. The number of ether oxygens (including phenoxy) is 1. The third-order valence-corrected chi connectivity index (χ3v) is 5.55. The molecule has 3 aromatic carbocycles. The molecule has 1 aromatic heterocycles. The summed E-state index contributed by atoms with van der Waals surface area (Å²) in [7, 11) is 0. The van der Waals surface area contributed by atoms with E-state index < -0.39 is 12.6 Å². The molecule has 0 bridgehead atoms. The quantitative estimate of drug-likeness (QED) is 0.321. The molecular weight excluding hydrogens is 415 g/mol. The van der Waals surface area contributed by atoms with Gasteiger partial charge in [-0.05, 0) is 37.1 Å². The third kappa shape index (κ3) is 4.42. The van der Waals surface area contributed by atoms with Crippen molar-refractivity contribution in [3.8, 4) is 17.2 Å². The fraction of sp³-hybridized carbons (Fsp3) is 0.240. The van der Waals surface area contributed by atoms with Crippen molar-refractivity contribution in [2.75, 3.05) is 11.4 Å². The van der Waals surface area contributed by atoms with Crippen LogP contribution in [0.1, 0.15) is 19.3 Å². The van der Waals surface area contributed by atoms with Gasteiger partial charge in [0.25, 0.3) is 0 Å². The SMILES string of the molecule is FC(F)(F)CCN(c1cc(Oc2ccccc2)cc2c1ncn2-c1ccccc1)C1CC1. The van der Waals surface area contributed by atoms with E-state index in [-0.39, 0.29) is 12.6 Å². The number of halogens is 3. The van der Waals surface area contributed by atoms with Crippen molar-refractivity contribution < 1.29 is 17.9 Å². The molecule has 5 rings (SSSR count). The highest BCUT2D eigenvalue weighted by Crippen LogP contribution is 2.40. The molecule has 1 heterocycles. The maximum absolute atomic E-state index is 13.1. The monoisotopic (exact) mass is 437 g/mol. The lowest BCUT2D eigenvalue weighted by Gasteiger charge is -2.26. The number of imidazole rings is 1. The third-order valence-electron chi connectivity index (χ3n) is 5.55. The molecule has 1 saturated carbocycles. The Morgan fingerprint density at radius 3 is 2.28 bits per heavy atom. The molecular formula is C25H22F3N3O. The van der Waals surface area contributed by atoms with Crippen molar-refractivity contribution in [2.45, 2.75) is 31.5 Å². The zero-order chi connectivity index (χ0) is 22.1. The van der Waals surface area contributed by atoms with Gasteiger partial charge < -0.3 is 9.64 Å². The molecule has 0 radical (unpaired) electrons. The minimum absolute atomic E-state index is 0.0920. The highest BCUT2D eigenvalue weighted by molar-refractivity contribution is 5.92. The molecule has 164 valence electrons. The average molecular weight is 437 g/mol. The van der Waals surface area contributed by atoms with Crippen molar-refractivity contribution in [3.63, 3.8) is 0 Å². The number of aromatic nitrogens is 2. The van der Waals surface area contributed by atoms with Crippen LogP contribution in [-0.2, 0) is 0 Å². The Morgan fingerprint density at radius 1 is 0.938 bits per heavy atom. The van der Waals surface area contributed by atoms with Crippen molar-refractivity contribution >= 4 is 16.7 Å². The van der Waals surface area contributed by atoms with Crippen molar-refractivity contribution in [1.82, 2.24) is 9.55 Å². The molecule has 0 atom stereocenters. The zero-order valence-corrected chi connectivity index (χ0v) is 17.3. The first-order chi connectivity index (χ1) is 15.5. The van der Waals surface area contributed by atoms with Crippen LogP contribution in [0.25, 0.3) is 16.7 Å². The zero-order valence-electron chi connectivity index (χ0n) is 17.3. The van der Waals surface area contributed by atoms with Gasteiger partial charge >= 0.3 is 6.18 Å². The molecule has 7 heteroatoms. The topological polar surface area (TPSA) is 30.3 Å². The number of nitrogens with zero attached hydrogens (tertiary/aromatic N) is 3. The number of hydrogen-bond donors (Lipinski definition) is 0. The van der Waals surface area contributed by atoms with E-state index in [9.17, 15) is 13.2 Å². The molecule has 0 unspecified atom stereocenters. The summed E-state index contributed by atoms with van der Waals surface area (Å²) in [5, 5.41) is 0. The van der Waals surface area contributed by atoms with Crippen LogP contribution >= 0.6 is 0 Å². The second-order valence-electron chi connectivity index (χ2n) is 7.97. The average Bonchev–Trinajstić information content (AvgIpc) is 3.53. The van der Waals surface area contributed by atoms with Crippen molar-refractivity contribution in [1.29, 1.82) is 0 Å². The number of rotatable bonds is 7. The minimum Gasteiger partial charge on any atom is -0.457 e. The molecule has 32 heavy (non-hydrogen) atoms. The van der Waals surface area contributed by atoms with Crippen molar-refractivity contribution in [2.24, 2.45) is 0 Å². The summed E-state index contributed by atoms with van der Waals surface area (Å²) >= 11 is 0. The summed E-state index contributed by atoms with van der Waals surface area (Å²) in [5.74, 6) is 1.23. The Balaban J connectivity index is 1.62. The van der Waals surface area contributed by atoms with Crippen LogP contribution in [0.2, 0.25) is 0 Å². The van der Waals surface area contributed by atoms with E-state index in [1.807, 2.05) is 82.3 Å². The number of para-hydroxylation sites is 2. The normalized spacial score (nSPS) is 14.0. The van der Waals surface area contributed by atoms with Gasteiger partial charge in [-0.15, -0.1) is 0 Å². The summed E-state index contributed by atoms with van der Waals surface area (Å²) in [6.45, 7) is -0.101. The standard InChI is InChI=1S/C25H22F3N3O/c26-25(27,28)13-14-30(19-11-12-19)22-15-21(32-20-9-5-2-6-10-20)16-23-24(22)29-17-31(23)18-7-3-1-4-8-18/h1-10,15-17,19H,11-14H2. The second kappa shape index (κ2) is 8.22. The van der Waals surface area contributed by atoms with Crippen LogP contribution in [-0.4, -0.2) is 28.3 Å². The summed E-state index contributed by atoms with van der Waals surface area (Å²) < 4.78 is 47.2. The highest BCUT2D eigenvalue weighted by atomic mass is 19.4. The first-order valence-corrected chi connectivity index (χ1v) is 10.6. The van der Waals surface area contributed by atoms with E-state index in [4.69, 9.17) is 4.74 Å². The number of benzene rings is 3. The molecule has 0 amide bonds. The Kier molecular flexibility index (Phi) is 5.25. The fourth-order valence-electron chi connectivity index (χ4n) is 3.90. The second-order valence-corrected chi connectivity index (χ2v) is 7.97. The van der Waals surface area contributed by atoms with Gasteiger partial charge in [-0.2, -0.15) is 13.2 Å². The molecule has 4 aromatic rings. The Labute approximate surface area is 183 Å². The van der Waals surface area contributed by atoms with E-state index in [1.54, 1.807) is 6.33 Å². The van der Waals surface area contributed by atoms with Gasteiger partial charge in [0, 0.05) is 30.4 Å². The largest absolute Gasteiger partial charge is 0.457 e. The number of fused-ring (bicyclic) bond motifs is 1. The Hall–Kier alpha value is -3.48. The predicted octanol–water partition coefficient (Wildman–Crippen LogP) is 6.74. The van der Waals surface area contributed by atoms with Gasteiger partial charge in [0.05, 0.1) is 17.6 Å². The van der Waals surface area contributed by atoms with Gasteiger partial charge in [-0.25, -0.2) is 4.98 Å². The fourth-order valence-corrected chi connectivity index (χ4v) is 3.90. The van der Waals surface area contributed by atoms with Gasteiger partial charge in [0.15, 0.2) is 0 Å². The van der Waals surface area contributed by atoms with E-state index in [0.29, 0.717) is 22.7 Å². The van der Waals surface area contributed by atoms with Crippen LogP contribution < -0.4 is 9.64 Å². The van der Waals surface area contributed by atoms with E-state index in [0.717, 1.165) is 24.0 Å². The highest BCUT2D eigenvalue weighted by Gasteiger charge is 2.35. The number of alkyl halides is 3. The molecule has 1 aliphatic carbocycles. The molecule has 1 aliphatic rings.